The minimum Gasteiger partial charge on any atom is -0.481 e. The summed E-state index contributed by atoms with van der Waals surface area (Å²) in [5.74, 6) is -0.714. The molecule has 0 radical (unpaired) electrons. The van der Waals surface area contributed by atoms with Gasteiger partial charge in [0.1, 0.15) is 0 Å². The summed E-state index contributed by atoms with van der Waals surface area (Å²) in [7, 11) is 0. The summed E-state index contributed by atoms with van der Waals surface area (Å²) < 4.78 is 0.994. The number of carbonyl (C=O) groups is 2. The van der Waals surface area contributed by atoms with Crippen LogP contribution in [0.2, 0.25) is 0 Å². The van der Waals surface area contributed by atoms with Crippen LogP contribution in [-0.4, -0.2) is 29.3 Å². The van der Waals surface area contributed by atoms with E-state index < -0.39 is 11.4 Å². The average Bonchev–Trinajstić information content (AvgIpc) is 2.48. The molecule has 0 fully saturated rings. The Kier molecular flexibility index (Phi) is 7.25. The van der Waals surface area contributed by atoms with E-state index in [9.17, 15) is 14.7 Å². The fourth-order valence-corrected chi connectivity index (χ4v) is 2.87. The van der Waals surface area contributed by atoms with Crippen LogP contribution >= 0.6 is 27.7 Å². The quantitative estimate of drug-likeness (QED) is 0.683. The molecule has 21 heavy (non-hydrogen) atoms. The molecule has 0 aromatic heterocycles. The van der Waals surface area contributed by atoms with Gasteiger partial charge in [-0.1, -0.05) is 29.8 Å². The summed E-state index contributed by atoms with van der Waals surface area (Å²) in [6.45, 7) is 3.84. The fourth-order valence-electron chi connectivity index (χ4n) is 1.88. The van der Waals surface area contributed by atoms with Gasteiger partial charge in [-0.3, -0.25) is 9.59 Å². The summed E-state index contributed by atoms with van der Waals surface area (Å²) in [6, 6.07) is 7.71. The van der Waals surface area contributed by atoms with Crippen LogP contribution in [0.25, 0.3) is 0 Å². The summed E-state index contributed by atoms with van der Waals surface area (Å²) >= 11 is 4.79. The van der Waals surface area contributed by atoms with Crippen LogP contribution in [0.15, 0.2) is 33.6 Å². The number of carboxylic acid groups (broad SMARTS) is 1. The minimum absolute atomic E-state index is 0.143. The lowest BCUT2D eigenvalue weighted by Crippen LogP contribution is -2.42. The third kappa shape index (κ3) is 5.36. The van der Waals surface area contributed by atoms with E-state index in [1.807, 2.05) is 38.1 Å². The Labute approximate surface area is 137 Å². The third-order valence-corrected chi connectivity index (χ3v) is 5.16. The number of carboxylic acids is 1. The number of amides is 1. The van der Waals surface area contributed by atoms with Crippen LogP contribution < -0.4 is 5.32 Å². The highest BCUT2D eigenvalue weighted by atomic mass is 79.9. The summed E-state index contributed by atoms with van der Waals surface area (Å²) in [4.78, 5) is 24.2. The molecule has 0 heterocycles. The molecule has 1 aromatic rings. The van der Waals surface area contributed by atoms with E-state index >= 15 is 0 Å². The molecular weight excluding hydrogens is 354 g/mol. The van der Waals surface area contributed by atoms with Gasteiger partial charge in [0.2, 0.25) is 5.91 Å². The zero-order chi connectivity index (χ0) is 15.9. The van der Waals surface area contributed by atoms with Gasteiger partial charge < -0.3 is 10.4 Å². The average molecular weight is 374 g/mol. The Morgan fingerprint density at radius 2 is 1.81 bits per heavy atom. The van der Waals surface area contributed by atoms with Crippen LogP contribution in [0.4, 0.5) is 0 Å². The molecule has 0 saturated carbocycles. The maximum absolute atomic E-state index is 11.9. The predicted molar refractivity (Wildman–Crippen MR) is 88.5 cm³/mol. The first-order chi connectivity index (χ1) is 9.93. The first-order valence-corrected chi connectivity index (χ1v) is 8.60. The van der Waals surface area contributed by atoms with E-state index in [4.69, 9.17) is 0 Å². The molecule has 1 rings (SSSR count). The van der Waals surface area contributed by atoms with Gasteiger partial charge >= 0.3 is 5.97 Å². The van der Waals surface area contributed by atoms with E-state index in [1.165, 1.54) is 11.8 Å². The van der Waals surface area contributed by atoms with Crippen molar-refractivity contribution in [2.75, 3.05) is 12.3 Å². The summed E-state index contributed by atoms with van der Waals surface area (Å²) in [6.07, 6.45) is 0.998. The number of rotatable bonds is 8. The van der Waals surface area contributed by atoms with Crippen LogP contribution in [0.5, 0.6) is 0 Å². The normalized spacial score (nSPS) is 11.2. The Bertz CT molecular complexity index is 486. The first kappa shape index (κ1) is 18.0. The monoisotopic (exact) mass is 373 g/mol. The largest absolute Gasteiger partial charge is 0.481 e. The van der Waals surface area contributed by atoms with Gasteiger partial charge in [0.05, 0.1) is 11.2 Å². The van der Waals surface area contributed by atoms with Crippen molar-refractivity contribution in [3.05, 3.63) is 28.7 Å². The first-order valence-electron chi connectivity index (χ1n) is 6.82. The van der Waals surface area contributed by atoms with Crippen molar-refractivity contribution in [1.82, 2.24) is 5.32 Å². The number of hydrogen-bond acceptors (Lipinski definition) is 3. The molecule has 0 atom stereocenters. The molecule has 1 aromatic carbocycles. The second-order valence-electron chi connectivity index (χ2n) is 4.81. The van der Waals surface area contributed by atoms with Crippen LogP contribution in [0, 0.1) is 5.41 Å². The molecule has 1 amide bonds. The number of aliphatic carboxylic acids is 1. The number of benzene rings is 1. The second kappa shape index (κ2) is 8.44. The number of nitrogens with one attached hydrogen (secondary N) is 1. The second-order valence-corrected chi connectivity index (χ2v) is 6.78. The van der Waals surface area contributed by atoms with Crippen molar-refractivity contribution in [3.8, 4) is 0 Å². The van der Waals surface area contributed by atoms with E-state index in [0.717, 1.165) is 9.37 Å². The molecule has 0 aliphatic carbocycles. The molecule has 0 unspecified atom stereocenters. The minimum atomic E-state index is -0.863. The lowest BCUT2D eigenvalue weighted by Gasteiger charge is -2.26. The zero-order valence-corrected chi connectivity index (χ0v) is 14.6. The lowest BCUT2D eigenvalue weighted by atomic mass is 9.82. The third-order valence-electron chi connectivity index (χ3n) is 3.61. The standard InChI is InChI=1S/C15H20BrNO3S/c1-3-15(4-2,14(19)20)10-17-13(18)9-21-12-7-5-11(16)6-8-12/h5-8H,3-4,9-10H2,1-2H3,(H,17,18)(H,19,20). The number of hydrogen-bond donors (Lipinski definition) is 2. The van der Waals surface area contributed by atoms with Gasteiger partial charge in [-0.15, -0.1) is 11.8 Å². The summed E-state index contributed by atoms with van der Waals surface area (Å²) in [5, 5.41) is 12.0. The maximum atomic E-state index is 11.9. The number of thioether (sulfide) groups is 1. The molecule has 116 valence electrons. The van der Waals surface area contributed by atoms with Crippen LogP contribution in [0.3, 0.4) is 0 Å². The van der Waals surface area contributed by atoms with Crippen molar-refractivity contribution in [2.45, 2.75) is 31.6 Å². The van der Waals surface area contributed by atoms with Gasteiger partial charge in [-0.25, -0.2) is 0 Å². The summed E-state index contributed by atoms with van der Waals surface area (Å²) in [5.41, 5.74) is -0.863. The van der Waals surface area contributed by atoms with Gasteiger partial charge in [0.15, 0.2) is 0 Å². The van der Waals surface area contributed by atoms with Crippen molar-refractivity contribution >= 4 is 39.6 Å². The van der Waals surface area contributed by atoms with Crippen molar-refractivity contribution in [1.29, 1.82) is 0 Å². The van der Waals surface area contributed by atoms with E-state index in [2.05, 4.69) is 21.2 Å². The molecule has 0 aliphatic rings. The van der Waals surface area contributed by atoms with Crippen LogP contribution in [-0.2, 0) is 9.59 Å². The van der Waals surface area contributed by atoms with Crippen molar-refractivity contribution < 1.29 is 14.7 Å². The zero-order valence-electron chi connectivity index (χ0n) is 12.2. The molecule has 0 bridgehead atoms. The molecule has 0 spiro atoms. The van der Waals surface area contributed by atoms with Gasteiger partial charge in [0, 0.05) is 15.9 Å². The Hall–Kier alpha value is -1.01. The van der Waals surface area contributed by atoms with E-state index in [0.29, 0.717) is 12.8 Å². The van der Waals surface area contributed by atoms with Crippen molar-refractivity contribution in [3.63, 3.8) is 0 Å². The highest BCUT2D eigenvalue weighted by Crippen LogP contribution is 2.26. The molecular formula is C15H20BrNO3S. The number of halogens is 1. The molecule has 2 N–H and O–H groups in total. The van der Waals surface area contributed by atoms with Crippen LogP contribution in [0.1, 0.15) is 26.7 Å². The Morgan fingerprint density at radius 1 is 1.24 bits per heavy atom. The maximum Gasteiger partial charge on any atom is 0.311 e. The molecule has 0 saturated heterocycles. The van der Waals surface area contributed by atoms with Gasteiger partial charge in [-0.2, -0.15) is 0 Å². The smallest absolute Gasteiger partial charge is 0.311 e. The predicted octanol–water partition coefficient (Wildman–Crippen LogP) is 3.55. The molecule has 0 aliphatic heterocycles. The van der Waals surface area contributed by atoms with Gasteiger partial charge in [0.25, 0.3) is 0 Å². The fraction of sp³-hybridized carbons (Fsp3) is 0.467. The van der Waals surface area contributed by atoms with Gasteiger partial charge in [-0.05, 0) is 37.1 Å². The SMILES string of the molecule is CCC(CC)(CNC(=O)CSc1ccc(Br)cc1)C(=O)O. The topological polar surface area (TPSA) is 66.4 Å². The molecule has 6 heteroatoms. The highest BCUT2D eigenvalue weighted by Gasteiger charge is 2.34. The lowest BCUT2D eigenvalue weighted by molar-refractivity contribution is -0.149. The Balaban J connectivity index is 2.46. The van der Waals surface area contributed by atoms with E-state index in [1.54, 1.807) is 0 Å². The number of carbonyl (C=O) groups excluding carboxylic acids is 1. The van der Waals surface area contributed by atoms with Crippen molar-refractivity contribution in [2.24, 2.45) is 5.41 Å². The highest BCUT2D eigenvalue weighted by molar-refractivity contribution is 9.10. The van der Waals surface area contributed by atoms with E-state index in [-0.39, 0.29) is 18.2 Å². The molecule has 4 nitrogen and oxygen atoms in total. The Morgan fingerprint density at radius 3 is 2.29 bits per heavy atom.